The lowest BCUT2D eigenvalue weighted by atomic mass is 10.0. The topological polar surface area (TPSA) is 106 Å². The molecule has 138 valence electrons. The van der Waals surface area contributed by atoms with Crippen molar-refractivity contribution < 1.29 is 17.9 Å². The van der Waals surface area contributed by atoms with E-state index in [1.165, 1.54) is 24.5 Å². The van der Waals surface area contributed by atoms with Crippen molar-refractivity contribution >= 4 is 15.7 Å². The predicted molar refractivity (Wildman–Crippen MR) is 97.8 cm³/mol. The van der Waals surface area contributed by atoms with Crippen LogP contribution < -0.4 is 4.72 Å². The third kappa shape index (κ3) is 4.16. The quantitative estimate of drug-likeness (QED) is 0.606. The van der Waals surface area contributed by atoms with Crippen LogP contribution in [-0.2, 0) is 16.4 Å². The number of aromatic amines is 1. The predicted octanol–water partition coefficient (Wildman–Crippen LogP) is 3.10. The first kappa shape index (κ1) is 18.6. The Labute approximate surface area is 156 Å². The normalized spacial score (nSPS) is 12.3. The van der Waals surface area contributed by atoms with Crippen molar-refractivity contribution in [2.24, 2.45) is 0 Å². The van der Waals surface area contributed by atoms with Gasteiger partial charge in [-0.05, 0) is 23.8 Å². The highest BCUT2D eigenvalue weighted by molar-refractivity contribution is 7.92. The number of H-pyrrole nitrogens is 1. The molecule has 8 heteroatoms. The van der Waals surface area contributed by atoms with Gasteiger partial charge in [0.1, 0.15) is 10.7 Å². The molecule has 0 aliphatic rings. The van der Waals surface area contributed by atoms with Crippen LogP contribution in [0.25, 0.3) is 0 Å². The molecule has 2 aromatic carbocycles. The summed E-state index contributed by atoms with van der Waals surface area (Å²) in [4.78, 5) is 2.50. The van der Waals surface area contributed by atoms with E-state index >= 15 is 0 Å². The van der Waals surface area contributed by atoms with Gasteiger partial charge in [-0.15, -0.1) is 0 Å². The molecule has 3 N–H and O–H groups in total. The smallest absolute Gasteiger partial charge is 0.263 e. The lowest BCUT2D eigenvalue weighted by Gasteiger charge is -2.14. The Morgan fingerprint density at radius 1 is 1.19 bits per heavy atom. The van der Waals surface area contributed by atoms with E-state index in [-0.39, 0.29) is 28.1 Å². The number of nitriles is 1. The molecule has 27 heavy (non-hydrogen) atoms. The third-order valence-corrected chi connectivity index (χ3v) is 5.42. The molecule has 0 aliphatic heterocycles. The molecular weight excluding hydrogens is 369 g/mol. The van der Waals surface area contributed by atoms with Crippen molar-refractivity contribution in [1.29, 1.82) is 5.26 Å². The van der Waals surface area contributed by atoms with E-state index in [1.54, 1.807) is 6.07 Å². The van der Waals surface area contributed by atoms with Gasteiger partial charge in [-0.3, -0.25) is 4.72 Å². The first-order valence-electron chi connectivity index (χ1n) is 8.02. The van der Waals surface area contributed by atoms with Crippen LogP contribution >= 0.6 is 0 Å². The van der Waals surface area contributed by atoms with E-state index in [0.717, 1.165) is 11.6 Å². The van der Waals surface area contributed by atoms with Crippen LogP contribution in [0.5, 0.6) is 0 Å². The lowest BCUT2D eigenvalue weighted by Crippen LogP contribution is -2.16. The summed E-state index contributed by atoms with van der Waals surface area (Å²) in [5.41, 5.74) is 0.829. The molecule has 0 amide bonds. The minimum absolute atomic E-state index is 0.0797. The Kier molecular flexibility index (Phi) is 5.26. The molecule has 0 saturated heterocycles. The van der Waals surface area contributed by atoms with E-state index < -0.39 is 21.9 Å². The van der Waals surface area contributed by atoms with Gasteiger partial charge < -0.3 is 10.1 Å². The monoisotopic (exact) mass is 385 g/mol. The number of aliphatic hydroxyl groups excluding tert-OH is 1. The zero-order chi connectivity index (χ0) is 19.4. The van der Waals surface area contributed by atoms with Crippen LogP contribution in [0.1, 0.15) is 22.8 Å². The van der Waals surface area contributed by atoms with E-state index in [0.29, 0.717) is 0 Å². The molecule has 3 rings (SSSR count). The molecule has 1 heterocycles. The number of aliphatic hydroxyl groups is 1. The van der Waals surface area contributed by atoms with Gasteiger partial charge in [0.2, 0.25) is 0 Å². The van der Waals surface area contributed by atoms with Crippen molar-refractivity contribution in [1.82, 2.24) is 4.98 Å². The zero-order valence-electron chi connectivity index (χ0n) is 14.1. The Bertz CT molecular complexity index is 1090. The van der Waals surface area contributed by atoms with Crippen molar-refractivity contribution in [2.45, 2.75) is 17.4 Å². The van der Waals surface area contributed by atoms with Gasteiger partial charge in [0, 0.05) is 24.4 Å². The summed E-state index contributed by atoms with van der Waals surface area (Å²) in [6.07, 6.45) is 1.80. The fourth-order valence-corrected chi connectivity index (χ4v) is 3.96. The van der Waals surface area contributed by atoms with Crippen LogP contribution in [-0.4, -0.2) is 18.5 Å². The highest BCUT2D eigenvalue weighted by Crippen LogP contribution is 2.27. The lowest BCUT2D eigenvalue weighted by molar-refractivity contribution is 0.175. The number of anilines is 1. The molecule has 0 fully saturated rings. The van der Waals surface area contributed by atoms with Crippen molar-refractivity contribution in [2.75, 3.05) is 4.72 Å². The number of hydrogen-bond donors (Lipinski definition) is 3. The van der Waals surface area contributed by atoms with E-state index in [2.05, 4.69) is 9.71 Å². The van der Waals surface area contributed by atoms with Crippen LogP contribution in [0.2, 0.25) is 0 Å². The van der Waals surface area contributed by atoms with Crippen LogP contribution in [0.4, 0.5) is 10.1 Å². The van der Waals surface area contributed by atoms with Gasteiger partial charge in [-0.1, -0.05) is 30.3 Å². The number of sulfonamides is 1. The molecule has 6 nitrogen and oxygen atoms in total. The van der Waals surface area contributed by atoms with Gasteiger partial charge in [-0.25, -0.2) is 12.8 Å². The summed E-state index contributed by atoms with van der Waals surface area (Å²) in [6, 6.07) is 14.4. The molecule has 0 radical (unpaired) electrons. The minimum Gasteiger partial charge on any atom is -0.388 e. The van der Waals surface area contributed by atoms with Gasteiger partial charge in [-0.2, -0.15) is 5.26 Å². The van der Waals surface area contributed by atoms with Gasteiger partial charge in [0.15, 0.2) is 0 Å². The SMILES string of the molecule is N#Cc1ccc(NS(=O)(=O)c2c[nH]cc2C(O)Cc2ccccc2)c(F)c1. The Hall–Kier alpha value is -3.15. The standard InChI is InChI=1S/C19H16FN3O3S/c20-16-8-14(10-21)6-7-17(16)23-27(25,26)19-12-22-11-15(19)18(24)9-13-4-2-1-3-5-13/h1-8,11-12,18,22-24H,9H2. The van der Waals surface area contributed by atoms with Crippen LogP contribution in [0.15, 0.2) is 65.8 Å². The highest BCUT2D eigenvalue weighted by Gasteiger charge is 2.25. The minimum atomic E-state index is -4.14. The number of nitrogens with zero attached hydrogens (tertiary/aromatic N) is 1. The van der Waals surface area contributed by atoms with E-state index in [1.807, 2.05) is 30.3 Å². The summed E-state index contributed by atoms with van der Waals surface area (Å²) in [7, 11) is -4.14. The maximum absolute atomic E-state index is 14.0. The summed E-state index contributed by atoms with van der Waals surface area (Å²) in [5, 5.41) is 19.2. The van der Waals surface area contributed by atoms with Crippen LogP contribution in [0, 0.1) is 17.1 Å². The average Bonchev–Trinajstić information content (AvgIpc) is 3.15. The molecule has 0 bridgehead atoms. The maximum Gasteiger partial charge on any atom is 0.263 e. The molecule has 3 aromatic rings. The summed E-state index contributed by atoms with van der Waals surface area (Å²) >= 11 is 0. The molecule has 0 aliphatic carbocycles. The molecule has 1 atom stereocenters. The van der Waals surface area contributed by atoms with E-state index in [9.17, 15) is 17.9 Å². The second-order valence-electron chi connectivity index (χ2n) is 5.89. The fraction of sp³-hybridized carbons (Fsp3) is 0.105. The number of rotatable bonds is 6. The number of benzene rings is 2. The van der Waals surface area contributed by atoms with Crippen LogP contribution in [0.3, 0.4) is 0 Å². The first-order valence-corrected chi connectivity index (χ1v) is 9.50. The average molecular weight is 385 g/mol. The Morgan fingerprint density at radius 2 is 1.93 bits per heavy atom. The molecule has 1 aromatic heterocycles. The molecule has 0 saturated carbocycles. The second kappa shape index (κ2) is 7.61. The second-order valence-corrected chi connectivity index (χ2v) is 7.54. The van der Waals surface area contributed by atoms with Crippen molar-refractivity contribution in [3.8, 4) is 6.07 Å². The van der Waals surface area contributed by atoms with Crippen molar-refractivity contribution in [3.05, 3.63) is 83.4 Å². The highest BCUT2D eigenvalue weighted by atomic mass is 32.2. The largest absolute Gasteiger partial charge is 0.388 e. The molecule has 0 spiro atoms. The summed E-state index contributed by atoms with van der Waals surface area (Å²) < 4.78 is 41.5. The number of nitrogens with one attached hydrogen (secondary N) is 2. The van der Waals surface area contributed by atoms with Gasteiger partial charge in [0.25, 0.3) is 10.0 Å². The third-order valence-electron chi connectivity index (χ3n) is 4.00. The number of halogens is 1. The summed E-state index contributed by atoms with van der Waals surface area (Å²) in [6.45, 7) is 0. The Morgan fingerprint density at radius 3 is 2.59 bits per heavy atom. The molecule has 1 unspecified atom stereocenters. The number of aromatic nitrogens is 1. The molecular formula is C19H16FN3O3S. The maximum atomic E-state index is 14.0. The van der Waals surface area contributed by atoms with Gasteiger partial charge in [0.05, 0.1) is 23.4 Å². The first-order chi connectivity index (χ1) is 12.9. The fourth-order valence-electron chi connectivity index (χ4n) is 2.67. The zero-order valence-corrected chi connectivity index (χ0v) is 14.9. The van der Waals surface area contributed by atoms with Gasteiger partial charge >= 0.3 is 0 Å². The Balaban J connectivity index is 1.86. The number of hydrogen-bond acceptors (Lipinski definition) is 4. The van der Waals surface area contributed by atoms with E-state index in [4.69, 9.17) is 5.26 Å². The van der Waals surface area contributed by atoms with Crippen molar-refractivity contribution in [3.63, 3.8) is 0 Å². The summed E-state index contributed by atoms with van der Waals surface area (Å²) in [5.74, 6) is -0.862.